The molecule has 0 aliphatic heterocycles. The highest BCUT2D eigenvalue weighted by Gasteiger charge is 2.58. The quantitative estimate of drug-likeness (QED) is 0.732. The minimum Gasteiger partial charge on any atom is -0.389 e. The number of carbonyl (C=O) groups is 1. The second-order valence-corrected chi connectivity index (χ2v) is 7.69. The fraction of sp³-hybridized carbons (Fsp3) is 0.722. The molecule has 0 bridgehead atoms. The molecular formula is C18H24O2. The third-order valence-electron chi connectivity index (χ3n) is 6.73. The van der Waals surface area contributed by atoms with Crippen molar-refractivity contribution in [1.82, 2.24) is 0 Å². The van der Waals surface area contributed by atoms with E-state index in [9.17, 15) is 9.90 Å². The van der Waals surface area contributed by atoms with Crippen molar-refractivity contribution >= 4 is 5.78 Å². The van der Waals surface area contributed by atoms with Crippen LogP contribution in [-0.2, 0) is 4.79 Å². The summed E-state index contributed by atoms with van der Waals surface area (Å²) in [6.07, 6.45) is 12.4. The maximum Gasteiger partial charge on any atom is 0.155 e. The van der Waals surface area contributed by atoms with Crippen LogP contribution in [0.25, 0.3) is 0 Å². The maximum atomic E-state index is 11.6. The second kappa shape index (κ2) is 4.07. The molecule has 0 aromatic carbocycles. The Morgan fingerprint density at radius 2 is 2.05 bits per heavy atom. The highest BCUT2D eigenvalue weighted by Crippen LogP contribution is 2.61. The molecule has 0 aromatic rings. The number of aliphatic hydroxyl groups is 1. The molecule has 2 saturated carbocycles. The Hall–Kier alpha value is -0.890. The number of hydrogen-bond acceptors (Lipinski definition) is 2. The van der Waals surface area contributed by atoms with E-state index in [-0.39, 0.29) is 11.2 Å². The first-order valence-corrected chi connectivity index (χ1v) is 8.19. The van der Waals surface area contributed by atoms with E-state index in [4.69, 9.17) is 0 Å². The van der Waals surface area contributed by atoms with Gasteiger partial charge in [0.2, 0.25) is 0 Å². The zero-order chi connectivity index (χ0) is 14.0. The Balaban J connectivity index is 1.75. The van der Waals surface area contributed by atoms with Gasteiger partial charge in [-0.25, -0.2) is 0 Å². The van der Waals surface area contributed by atoms with Crippen molar-refractivity contribution in [3.8, 4) is 0 Å². The molecule has 0 aromatic heterocycles. The molecule has 20 heavy (non-hydrogen) atoms. The van der Waals surface area contributed by atoms with Crippen molar-refractivity contribution in [2.24, 2.45) is 17.3 Å². The van der Waals surface area contributed by atoms with Gasteiger partial charge in [0, 0.05) is 12.3 Å². The average molecular weight is 272 g/mol. The van der Waals surface area contributed by atoms with Gasteiger partial charge in [-0.1, -0.05) is 18.6 Å². The summed E-state index contributed by atoms with van der Waals surface area (Å²) in [5.74, 6) is 1.14. The topological polar surface area (TPSA) is 37.3 Å². The fourth-order valence-corrected chi connectivity index (χ4v) is 5.39. The normalized spacial score (nSPS) is 47.0. The van der Waals surface area contributed by atoms with Crippen LogP contribution >= 0.6 is 0 Å². The molecule has 0 heterocycles. The van der Waals surface area contributed by atoms with Gasteiger partial charge in [-0.2, -0.15) is 0 Å². The smallest absolute Gasteiger partial charge is 0.155 e. The SMILES string of the molecule is C[C@]12CCCC1(O)C1CC3CCC(=O)C=C3C=C1CC2. The molecule has 0 radical (unpaired) electrons. The van der Waals surface area contributed by atoms with Gasteiger partial charge in [-0.15, -0.1) is 0 Å². The van der Waals surface area contributed by atoms with Gasteiger partial charge in [-0.05, 0) is 67.9 Å². The van der Waals surface area contributed by atoms with Crippen molar-refractivity contribution in [2.45, 2.75) is 63.9 Å². The van der Waals surface area contributed by atoms with Crippen molar-refractivity contribution in [2.75, 3.05) is 0 Å². The number of fused-ring (bicyclic) bond motifs is 4. The summed E-state index contributed by atoms with van der Waals surface area (Å²) in [6.45, 7) is 2.30. The van der Waals surface area contributed by atoms with Crippen molar-refractivity contribution in [1.29, 1.82) is 0 Å². The molecule has 4 aliphatic rings. The largest absolute Gasteiger partial charge is 0.389 e. The number of ketones is 1. The van der Waals surface area contributed by atoms with E-state index < -0.39 is 5.60 Å². The van der Waals surface area contributed by atoms with Gasteiger partial charge in [0.1, 0.15) is 0 Å². The Labute approximate surface area is 120 Å². The van der Waals surface area contributed by atoms with E-state index in [1.165, 1.54) is 24.0 Å². The molecule has 4 rings (SSSR count). The molecule has 1 N–H and O–H groups in total. The van der Waals surface area contributed by atoms with Gasteiger partial charge >= 0.3 is 0 Å². The lowest BCUT2D eigenvalue weighted by molar-refractivity contribution is -0.117. The van der Waals surface area contributed by atoms with Crippen molar-refractivity contribution in [3.63, 3.8) is 0 Å². The van der Waals surface area contributed by atoms with E-state index in [1.807, 2.05) is 6.08 Å². The van der Waals surface area contributed by atoms with Gasteiger partial charge in [0.15, 0.2) is 5.78 Å². The number of rotatable bonds is 0. The van der Waals surface area contributed by atoms with Crippen LogP contribution in [0.4, 0.5) is 0 Å². The molecule has 2 nitrogen and oxygen atoms in total. The molecule has 2 fully saturated rings. The van der Waals surface area contributed by atoms with Gasteiger partial charge in [0.05, 0.1) is 5.60 Å². The van der Waals surface area contributed by atoms with Crippen molar-refractivity contribution < 1.29 is 9.90 Å². The van der Waals surface area contributed by atoms with Gasteiger partial charge < -0.3 is 5.11 Å². The molecule has 4 aliphatic carbocycles. The molecular weight excluding hydrogens is 248 g/mol. The van der Waals surface area contributed by atoms with Crippen LogP contribution < -0.4 is 0 Å². The van der Waals surface area contributed by atoms with Crippen LogP contribution in [0.3, 0.4) is 0 Å². The zero-order valence-corrected chi connectivity index (χ0v) is 12.3. The minimum atomic E-state index is -0.482. The van der Waals surface area contributed by atoms with Crippen LogP contribution in [0.1, 0.15) is 58.3 Å². The van der Waals surface area contributed by atoms with Gasteiger partial charge in [0.25, 0.3) is 0 Å². The van der Waals surface area contributed by atoms with Crippen molar-refractivity contribution in [3.05, 3.63) is 23.3 Å². The average Bonchev–Trinajstić information content (AvgIpc) is 2.73. The van der Waals surface area contributed by atoms with E-state index in [2.05, 4.69) is 13.0 Å². The van der Waals surface area contributed by atoms with E-state index in [1.54, 1.807) is 0 Å². The zero-order valence-electron chi connectivity index (χ0n) is 12.3. The Morgan fingerprint density at radius 1 is 1.20 bits per heavy atom. The fourth-order valence-electron chi connectivity index (χ4n) is 5.39. The van der Waals surface area contributed by atoms with Crippen LogP contribution in [0, 0.1) is 17.3 Å². The first kappa shape index (κ1) is 12.8. The molecule has 0 saturated heterocycles. The lowest BCUT2D eigenvalue weighted by atomic mass is 9.55. The van der Waals surface area contributed by atoms with E-state index >= 15 is 0 Å². The predicted octanol–water partition coefficient (Wildman–Crippen LogP) is 3.55. The third-order valence-corrected chi connectivity index (χ3v) is 6.73. The summed E-state index contributed by atoms with van der Waals surface area (Å²) < 4.78 is 0. The highest BCUT2D eigenvalue weighted by molar-refractivity contribution is 5.92. The monoisotopic (exact) mass is 272 g/mol. The van der Waals surface area contributed by atoms with Crippen LogP contribution in [-0.4, -0.2) is 16.5 Å². The predicted molar refractivity (Wildman–Crippen MR) is 78.1 cm³/mol. The first-order chi connectivity index (χ1) is 9.52. The van der Waals surface area contributed by atoms with Crippen LogP contribution in [0.5, 0.6) is 0 Å². The lowest BCUT2D eigenvalue weighted by Crippen LogP contribution is -2.53. The standard InChI is InChI=1S/C18H24O2/c1-17-6-2-7-18(17,20)16-11-12-3-4-15(19)10-14(12)9-13(16)5-8-17/h9-10,12,16,20H,2-8,11H2,1H3/t12?,16?,17-,18?/m1/s1. The number of hydrogen-bond donors (Lipinski definition) is 1. The van der Waals surface area contributed by atoms with Gasteiger partial charge in [-0.3, -0.25) is 4.79 Å². The summed E-state index contributed by atoms with van der Waals surface area (Å²) >= 11 is 0. The number of carbonyl (C=O) groups excluding carboxylic acids is 1. The van der Waals surface area contributed by atoms with E-state index in [0.717, 1.165) is 32.1 Å². The maximum absolute atomic E-state index is 11.6. The summed E-state index contributed by atoms with van der Waals surface area (Å²) in [4.78, 5) is 11.6. The lowest BCUT2D eigenvalue weighted by Gasteiger charge is -2.53. The molecule has 2 heteroatoms. The molecule has 3 unspecified atom stereocenters. The van der Waals surface area contributed by atoms with E-state index in [0.29, 0.717) is 18.3 Å². The Bertz CT molecular complexity index is 530. The summed E-state index contributed by atoms with van der Waals surface area (Å²) in [5.41, 5.74) is 2.31. The minimum absolute atomic E-state index is 0.126. The Kier molecular flexibility index (Phi) is 2.61. The summed E-state index contributed by atoms with van der Waals surface area (Å²) in [6, 6.07) is 0. The molecule has 0 spiro atoms. The number of allylic oxidation sites excluding steroid dienone is 3. The summed E-state index contributed by atoms with van der Waals surface area (Å²) in [7, 11) is 0. The highest BCUT2D eigenvalue weighted by atomic mass is 16.3. The first-order valence-electron chi connectivity index (χ1n) is 8.19. The third kappa shape index (κ3) is 1.57. The Morgan fingerprint density at radius 3 is 2.90 bits per heavy atom. The van der Waals surface area contributed by atoms with Crippen LogP contribution in [0.2, 0.25) is 0 Å². The summed E-state index contributed by atoms with van der Waals surface area (Å²) in [5, 5.41) is 11.4. The molecule has 4 atom stereocenters. The molecule has 0 amide bonds. The van der Waals surface area contributed by atoms with Crippen LogP contribution in [0.15, 0.2) is 23.3 Å². The molecule has 108 valence electrons. The second-order valence-electron chi connectivity index (χ2n) is 7.69.